The molecule has 0 saturated carbocycles. The van der Waals surface area contributed by atoms with Gasteiger partial charge in [-0.1, -0.05) is 35.5 Å². The number of benzene rings is 2. The standard InChI is InChI=1S/C20H17N3O2S/c1-13-18(26-20(21-13)16-6-4-3-5-7-16)12-24-17-10-8-15(9-11-17)19-22-14(2)25-23-19/h3-11H,12H2,1-2H3. The van der Waals surface area contributed by atoms with E-state index in [1.807, 2.05) is 49.4 Å². The summed E-state index contributed by atoms with van der Waals surface area (Å²) in [5.41, 5.74) is 3.04. The second-order valence-electron chi connectivity index (χ2n) is 5.84. The van der Waals surface area contributed by atoms with Crippen LogP contribution in [0.3, 0.4) is 0 Å². The maximum absolute atomic E-state index is 5.92. The molecule has 4 rings (SSSR count). The third kappa shape index (κ3) is 3.50. The Labute approximate surface area is 155 Å². The zero-order valence-corrected chi connectivity index (χ0v) is 15.3. The van der Waals surface area contributed by atoms with E-state index >= 15 is 0 Å². The fourth-order valence-electron chi connectivity index (χ4n) is 2.53. The third-order valence-corrected chi connectivity index (χ3v) is 5.10. The van der Waals surface area contributed by atoms with Crippen LogP contribution in [0.15, 0.2) is 59.1 Å². The predicted octanol–water partition coefficient (Wildman–Crippen LogP) is 5.06. The van der Waals surface area contributed by atoms with Gasteiger partial charge < -0.3 is 9.26 Å². The monoisotopic (exact) mass is 363 g/mol. The maximum atomic E-state index is 5.92. The number of hydrogen-bond acceptors (Lipinski definition) is 6. The molecule has 0 aliphatic heterocycles. The zero-order chi connectivity index (χ0) is 17.9. The van der Waals surface area contributed by atoms with Gasteiger partial charge in [0.25, 0.3) is 0 Å². The van der Waals surface area contributed by atoms with Gasteiger partial charge in [0, 0.05) is 18.1 Å². The molecular formula is C20H17N3O2S. The topological polar surface area (TPSA) is 61.0 Å². The number of thiazole rings is 1. The molecule has 2 aromatic carbocycles. The molecular weight excluding hydrogens is 346 g/mol. The lowest BCUT2D eigenvalue weighted by molar-refractivity contribution is 0.309. The molecule has 6 heteroatoms. The summed E-state index contributed by atoms with van der Waals surface area (Å²) >= 11 is 1.67. The molecule has 0 fully saturated rings. The van der Waals surface area contributed by atoms with Crippen LogP contribution in [0.1, 0.15) is 16.5 Å². The summed E-state index contributed by atoms with van der Waals surface area (Å²) in [5, 5.41) is 4.94. The minimum atomic E-state index is 0.497. The maximum Gasteiger partial charge on any atom is 0.223 e. The van der Waals surface area contributed by atoms with E-state index in [1.165, 1.54) is 0 Å². The summed E-state index contributed by atoms with van der Waals surface area (Å²) in [4.78, 5) is 10.0. The Morgan fingerprint density at radius 2 is 1.69 bits per heavy atom. The summed E-state index contributed by atoms with van der Waals surface area (Å²) < 4.78 is 10.9. The first-order valence-electron chi connectivity index (χ1n) is 8.24. The smallest absolute Gasteiger partial charge is 0.223 e. The summed E-state index contributed by atoms with van der Waals surface area (Å²) in [6.07, 6.45) is 0. The van der Waals surface area contributed by atoms with E-state index in [0.29, 0.717) is 18.3 Å². The normalized spacial score (nSPS) is 10.8. The average Bonchev–Trinajstić information content (AvgIpc) is 3.27. The molecule has 5 nitrogen and oxygen atoms in total. The Hall–Kier alpha value is -2.99. The molecule has 0 aliphatic carbocycles. The lowest BCUT2D eigenvalue weighted by Crippen LogP contribution is -1.95. The Balaban J connectivity index is 1.45. The summed E-state index contributed by atoms with van der Waals surface area (Å²) in [6, 6.07) is 17.9. The van der Waals surface area contributed by atoms with Crippen molar-refractivity contribution in [3.8, 4) is 27.7 Å². The second kappa shape index (κ2) is 7.09. The minimum Gasteiger partial charge on any atom is -0.488 e. The van der Waals surface area contributed by atoms with Gasteiger partial charge in [0.2, 0.25) is 11.7 Å². The van der Waals surface area contributed by atoms with Gasteiger partial charge in [-0.15, -0.1) is 11.3 Å². The molecule has 0 unspecified atom stereocenters. The van der Waals surface area contributed by atoms with E-state index in [1.54, 1.807) is 18.3 Å². The van der Waals surface area contributed by atoms with Crippen molar-refractivity contribution in [1.82, 2.24) is 15.1 Å². The molecule has 0 radical (unpaired) electrons. The number of rotatable bonds is 5. The third-order valence-electron chi connectivity index (χ3n) is 3.92. The van der Waals surface area contributed by atoms with Crippen LogP contribution in [0.5, 0.6) is 5.75 Å². The van der Waals surface area contributed by atoms with Crippen LogP contribution in [-0.4, -0.2) is 15.1 Å². The summed E-state index contributed by atoms with van der Waals surface area (Å²) in [6.45, 7) is 4.29. The van der Waals surface area contributed by atoms with Crippen molar-refractivity contribution in [3.63, 3.8) is 0 Å². The van der Waals surface area contributed by atoms with Crippen molar-refractivity contribution in [3.05, 3.63) is 71.1 Å². The largest absolute Gasteiger partial charge is 0.488 e. The SMILES string of the molecule is Cc1nc(-c2ccc(OCc3sc(-c4ccccc4)nc3C)cc2)no1. The molecule has 0 atom stereocenters. The number of aryl methyl sites for hydroxylation is 2. The Bertz CT molecular complexity index is 1010. The zero-order valence-electron chi connectivity index (χ0n) is 14.5. The highest BCUT2D eigenvalue weighted by molar-refractivity contribution is 7.15. The molecule has 0 bridgehead atoms. The first-order chi connectivity index (χ1) is 12.7. The van der Waals surface area contributed by atoms with Crippen molar-refractivity contribution in [2.45, 2.75) is 20.5 Å². The van der Waals surface area contributed by atoms with E-state index in [-0.39, 0.29) is 0 Å². The van der Waals surface area contributed by atoms with Crippen molar-refractivity contribution in [2.24, 2.45) is 0 Å². The number of hydrogen-bond donors (Lipinski definition) is 0. The van der Waals surface area contributed by atoms with Crippen LogP contribution in [0.25, 0.3) is 22.0 Å². The van der Waals surface area contributed by atoms with Gasteiger partial charge in [-0.2, -0.15) is 4.98 Å². The van der Waals surface area contributed by atoms with Crippen molar-refractivity contribution in [1.29, 1.82) is 0 Å². The number of aromatic nitrogens is 3. The fraction of sp³-hybridized carbons (Fsp3) is 0.150. The lowest BCUT2D eigenvalue weighted by atomic mass is 10.2. The van der Waals surface area contributed by atoms with Gasteiger partial charge in [0.05, 0.1) is 10.6 Å². The summed E-state index contributed by atoms with van der Waals surface area (Å²) in [7, 11) is 0. The van der Waals surface area contributed by atoms with Crippen LogP contribution < -0.4 is 4.74 Å². The fourth-order valence-corrected chi connectivity index (χ4v) is 3.51. The Kier molecular flexibility index (Phi) is 4.50. The first-order valence-corrected chi connectivity index (χ1v) is 9.06. The molecule has 0 amide bonds. The second-order valence-corrected chi connectivity index (χ2v) is 6.93. The van der Waals surface area contributed by atoms with E-state index in [2.05, 4.69) is 27.3 Å². The van der Waals surface area contributed by atoms with Crippen LogP contribution in [0.4, 0.5) is 0 Å². The molecule has 130 valence electrons. The van der Waals surface area contributed by atoms with Gasteiger partial charge in [0.15, 0.2) is 0 Å². The molecule has 0 aliphatic rings. The molecule has 0 spiro atoms. The highest BCUT2D eigenvalue weighted by Gasteiger charge is 2.10. The van der Waals surface area contributed by atoms with Crippen LogP contribution in [0.2, 0.25) is 0 Å². The predicted molar refractivity (Wildman–Crippen MR) is 101 cm³/mol. The average molecular weight is 363 g/mol. The minimum absolute atomic E-state index is 0.497. The molecule has 2 aromatic heterocycles. The molecule has 0 saturated heterocycles. The molecule has 0 N–H and O–H groups in total. The van der Waals surface area contributed by atoms with E-state index < -0.39 is 0 Å². The van der Waals surface area contributed by atoms with Gasteiger partial charge in [-0.05, 0) is 31.2 Å². The van der Waals surface area contributed by atoms with E-state index in [0.717, 1.165) is 32.5 Å². The Morgan fingerprint density at radius 1 is 0.923 bits per heavy atom. The van der Waals surface area contributed by atoms with Crippen molar-refractivity contribution < 1.29 is 9.26 Å². The van der Waals surface area contributed by atoms with E-state index in [9.17, 15) is 0 Å². The quantitative estimate of drug-likeness (QED) is 0.496. The van der Waals surface area contributed by atoms with Gasteiger partial charge >= 0.3 is 0 Å². The van der Waals surface area contributed by atoms with E-state index in [4.69, 9.17) is 9.26 Å². The highest BCUT2D eigenvalue weighted by Crippen LogP contribution is 2.29. The molecule has 2 heterocycles. The van der Waals surface area contributed by atoms with Crippen LogP contribution >= 0.6 is 11.3 Å². The van der Waals surface area contributed by atoms with Gasteiger partial charge in [0.1, 0.15) is 17.4 Å². The van der Waals surface area contributed by atoms with Crippen LogP contribution in [0, 0.1) is 13.8 Å². The molecule has 4 aromatic rings. The first kappa shape index (κ1) is 16.5. The Morgan fingerprint density at radius 3 is 2.38 bits per heavy atom. The summed E-state index contributed by atoms with van der Waals surface area (Å²) in [5.74, 6) is 1.93. The highest BCUT2D eigenvalue weighted by atomic mass is 32.1. The number of ether oxygens (including phenoxy) is 1. The van der Waals surface area contributed by atoms with Gasteiger partial charge in [-0.3, -0.25) is 0 Å². The van der Waals surface area contributed by atoms with Crippen molar-refractivity contribution in [2.75, 3.05) is 0 Å². The number of nitrogens with zero attached hydrogens (tertiary/aromatic N) is 3. The van der Waals surface area contributed by atoms with Gasteiger partial charge in [-0.25, -0.2) is 4.98 Å². The lowest BCUT2D eigenvalue weighted by Gasteiger charge is -2.05. The van der Waals surface area contributed by atoms with Crippen molar-refractivity contribution >= 4 is 11.3 Å². The molecule has 26 heavy (non-hydrogen) atoms. The van der Waals surface area contributed by atoms with Crippen LogP contribution in [-0.2, 0) is 6.61 Å².